The van der Waals surface area contributed by atoms with Crippen LogP contribution in [0.15, 0.2) is 18.3 Å². The molecule has 0 radical (unpaired) electrons. The second-order valence-corrected chi connectivity index (χ2v) is 6.06. The van der Waals surface area contributed by atoms with Crippen molar-refractivity contribution in [3.63, 3.8) is 0 Å². The molecular formula is C16H29N3O2. The van der Waals surface area contributed by atoms with E-state index in [0.717, 1.165) is 25.5 Å². The van der Waals surface area contributed by atoms with Crippen molar-refractivity contribution in [1.82, 2.24) is 10.3 Å². The first-order valence-corrected chi connectivity index (χ1v) is 7.39. The van der Waals surface area contributed by atoms with Gasteiger partial charge in [0.15, 0.2) is 0 Å². The molecule has 0 unspecified atom stereocenters. The fourth-order valence-corrected chi connectivity index (χ4v) is 1.94. The van der Waals surface area contributed by atoms with Gasteiger partial charge in [-0.25, -0.2) is 4.98 Å². The van der Waals surface area contributed by atoms with Crippen LogP contribution >= 0.6 is 0 Å². The van der Waals surface area contributed by atoms with Crippen LogP contribution in [-0.4, -0.2) is 51.0 Å². The Morgan fingerprint density at radius 2 is 1.76 bits per heavy atom. The SMILES string of the molecule is COCCN(CCOC)c1ncccc1CNC(C)(C)C. The monoisotopic (exact) mass is 295 g/mol. The van der Waals surface area contributed by atoms with E-state index in [1.807, 2.05) is 12.3 Å². The van der Waals surface area contributed by atoms with Gasteiger partial charge in [-0.1, -0.05) is 6.07 Å². The van der Waals surface area contributed by atoms with Crippen LogP contribution in [0.3, 0.4) is 0 Å². The number of nitrogens with zero attached hydrogens (tertiary/aromatic N) is 2. The van der Waals surface area contributed by atoms with Crippen molar-refractivity contribution < 1.29 is 9.47 Å². The van der Waals surface area contributed by atoms with Gasteiger partial charge in [-0.3, -0.25) is 0 Å². The van der Waals surface area contributed by atoms with Crippen molar-refractivity contribution in [1.29, 1.82) is 0 Å². The first kappa shape index (κ1) is 17.9. The molecular weight excluding hydrogens is 266 g/mol. The highest BCUT2D eigenvalue weighted by molar-refractivity contribution is 5.46. The van der Waals surface area contributed by atoms with Gasteiger partial charge in [-0.05, 0) is 26.8 Å². The van der Waals surface area contributed by atoms with Crippen LogP contribution in [0.1, 0.15) is 26.3 Å². The number of rotatable bonds is 9. The van der Waals surface area contributed by atoms with Crippen LogP contribution in [0.4, 0.5) is 5.82 Å². The maximum atomic E-state index is 5.20. The van der Waals surface area contributed by atoms with Crippen LogP contribution < -0.4 is 10.2 Å². The lowest BCUT2D eigenvalue weighted by atomic mass is 10.1. The molecule has 120 valence electrons. The Bertz CT molecular complexity index is 397. The minimum absolute atomic E-state index is 0.0804. The molecule has 0 aliphatic rings. The Balaban J connectivity index is 2.84. The number of nitrogens with one attached hydrogen (secondary N) is 1. The molecule has 0 amide bonds. The van der Waals surface area contributed by atoms with E-state index >= 15 is 0 Å². The lowest BCUT2D eigenvalue weighted by molar-refractivity contribution is 0.190. The predicted molar refractivity (Wildman–Crippen MR) is 86.8 cm³/mol. The topological polar surface area (TPSA) is 46.6 Å². The van der Waals surface area contributed by atoms with Crippen LogP contribution in [0, 0.1) is 0 Å². The zero-order valence-electron chi connectivity index (χ0n) is 14.0. The molecule has 0 fully saturated rings. The Kier molecular flexibility index (Phi) is 7.64. The van der Waals surface area contributed by atoms with Gasteiger partial charge in [-0.15, -0.1) is 0 Å². The number of pyridine rings is 1. The van der Waals surface area contributed by atoms with Crippen molar-refractivity contribution in [2.45, 2.75) is 32.9 Å². The summed E-state index contributed by atoms with van der Waals surface area (Å²) in [6, 6.07) is 4.10. The average molecular weight is 295 g/mol. The number of hydrogen-bond donors (Lipinski definition) is 1. The van der Waals surface area contributed by atoms with E-state index in [-0.39, 0.29) is 5.54 Å². The van der Waals surface area contributed by atoms with Gasteiger partial charge < -0.3 is 19.7 Å². The molecule has 0 aliphatic heterocycles. The van der Waals surface area contributed by atoms with E-state index in [4.69, 9.17) is 9.47 Å². The van der Waals surface area contributed by atoms with Crippen LogP contribution in [0.2, 0.25) is 0 Å². The van der Waals surface area contributed by atoms with E-state index in [9.17, 15) is 0 Å². The van der Waals surface area contributed by atoms with Gasteiger partial charge in [-0.2, -0.15) is 0 Å². The summed E-state index contributed by atoms with van der Waals surface area (Å²) in [6.45, 7) is 10.2. The van der Waals surface area contributed by atoms with Gasteiger partial charge in [0.1, 0.15) is 5.82 Å². The van der Waals surface area contributed by atoms with Crippen LogP contribution in [0.25, 0.3) is 0 Å². The van der Waals surface area contributed by atoms with E-state index in [2.05, 4.69) is 42.0 Å². The molecule has 1 rings (SSSR count). The number of ether oxygens (including phenoxy) is 2. The maximum absolute atomic E-state index is 5.20. The summed E-state index contributed by atoms with van der Waals surface area (Å²) in [5, 5.41) is 3.52. The molecule has 5 nitrogen and oxygen atoms in total. The summed E-state index contributed by atoms with van der Waals surface area (Å²) in [4.78, 5) is 6.78. The predicted octanol–water partition coefficient (Wildman–Crippen LogP) is 2.07. The van der Waals surface area contributed by atoms with Gasteiger partial charge in [0, 0.05) is 51.2 Å². The second-order valence-electron chi connectivity index (χ2n) is 6.06. The van der Waals surface area contributed by atoms with Crippen molar-refractivity contribution in [3.05, 3.63) is 23.9 Å². The molecule has 1 N–H and O–H groups in total. The molecule has 0 aromatic carbocycles. The van der Waals surface area contributed by atoms with Crippen LogP contribution in [0.5, 0.6) is 0 Å². The van der Waals surface area contributed by atoms with E-state index in [1.165, 1.54) is 5.56 Å². The number of hydrogen-bond acceptors (Lipinski definition) is 5. The Hall–Kier alpha value is -1.17. The van der Waals surface area contributed by atoms with Crippen molar-refractivity contribution in [2.24, 2.45) is 0 Å². The third kappa shape index (κ3) is 6.89. The summed E-state index contributed by atoms with van der Waals surface area (Å²) < 4.78 is 10.4. The van der Waals surface area contributed by atoms with Crippen molar-refractivity contribution in [2.75, 3.05) is 45.4 Å². The molecule has 0 aliphatic carbocycles. The molecule has 0 bridgehead atoms. The molecule has 1 aromatic heterocycles. The summed E-state index contributed by atoms with van der Waals surface area (Å²) in [6.07, 6.45) is 1.84. The molecule has 1 aromatic rings. The third-order valence-corrected chi connectivity index (χ3v) is 3.11. The Morgan fingerprint density at radius 1 is 1.14 bits per heavy atom. The van der Waals surface area contributed by atoms with Gasteiger partial charge >= 0.3 is 0 Å². The van der Waals surface area contributed by atoms with Crippen molar-refractivity contribution >= 4 is 5.82 Å². The number of anilines is 1. The zero-order chi connectivity index (χ0) is 15.7. The minimum Gasteiger partial charge on any atom is -0.383 e. The summed E-state index contributed by atoms with van der Waals surface area (Å²) in [5.41, 5.74) is 1.27. The molecule has 5 heteroatoms. The van der Waals surface area contributed by atoms with Crippen LogP contribution in [-0.2, 0) is 16.0 Å². The summed E-state index contributed by atoms with van der Waals surface area (Å²) >= 11 is 0. The molecule has 0 spiro atoms. The summed E-state index contributed by atoms with van der Waals surface area (Å²) in [7, 11) is 3.43. The summed E-state index contributed by atoms with van der Waals surface area (Å²) in [5.74, 6) is 1.00. The molecule has 0 atom stereocenters. The smallest absolute Gasteiger partial charge is 0.133 e. The first-order chi connectivity index (χ1) is 9.98. The van der Waals surface area contributed by atoms with E-state index in [0.29, 0.717) is 13.2 Å². The average Bonchev–Trinajstić information content (AvgIpc) is 2.45. The standard InChI is InChI=1S/C16H29N3O2/c1-16(2,3)18-13-14-7-6-8-17-15(14)19(9-11-20-4)10-12-21-5/h6-8,18H,9-13H2,1-5H3. The molecule has 0 saturated carbocycles. The van der Waals surface area contributed by atoms with Gasteiger partial charge in [0.2, 0.25) is 0 Å². The lowest BCUT2D eigenvalue weighted by Gasteiger charge is -2.27. The van der Waals surface area contributed by atoms with Crippen molar-refractivity contribution in [3.8, 4) is 0 Å². The second kappa shape index (κ2) is 8.97. The minimum atomic E-state index is 0.0804. The van der Waals surface area contributed by atoms with Gasteiger partial charge in [0.05, 0.1) is 13.2 Å². The number of methoxy groups -OCH3 is 2. The first-order valence-electron chi connectivity index (χ1n) is 7.39. The highest BCUT2D eigenvalue weighted by Gasteiger charge is 2.15. The lowest BCUT2D eigenvalue weighted by Crippen LogP contribution is -2.37. The highest BCUT2D eigenvalue weighted by atomic mass is 16.5. The van der Waals surface area contributed by atoms with E-state index in [1.54, 1.807) is 14.2 Å². The largest absolute Gasteiger partial charge is 0.383 e. The molecule has 1 heterocycles. The normalized spacial score (nSPS) is 11.7. The highest BCUT2D eigenvalue weighted by Crippen LogP contribution is 2.18. The van der Waals surface area contributed by atoms with Gasteiger partial charge in [0.25, 0.3) is 0 Å². The maximum Gasteiger partial charge on any atom is 0.133 e. The number of aromatic nitrogens is 1. The fourth-order valence-electron chi connectivity index (χ4n) is 1.94. The fraction of sp³-hybridized carbons (Fsp3) is 0.688. The quantitative estimate of drug-likeness (QED) is 0.755. The molecule has 0 saturated heterocycles. The Morgan fingerprint density at radius 3 is 2.29 bits per heavy atom. The van der Waals surface area contributed by atoms with E-state index < -0.39 is 0 Å². The zero-order valence-corrected chi connectivity index (χ0v) is 14.0. The third-order valence-electron chi connectivity index (χ3n) is 3.11. The Labute approximate surface area is 128 Å². The molecule has 21 heavy (non-hydrogen) atoms.